The van der Waals surface area contributed by atoms with Gasteiger partial charge in [-0.25, -0.2) is 9.97 Å². The van der Waals surface area contributed by atoms with Crippen LogP contribution in [-0.4, -0.2) is 40.0 Å². The molecule has 36 heavy (non-hydrogen) atoms. The third-order valence-electron chi connectivity index (χ3n) is 6.27. The van der Waals surface area contributed by atoms with Crippen LogP contribution in [0.1, 0.15) is 30.3 Å². The van der Waals surface area contributed by atoms with E-state index in [0.717, 1.165) is 58.1 Å². The third-order valence-corrected chi connectivity index (χ3v) is 6.78. The molecule has 1 unspecified atom stereocenters. The average Bonchev–Trinajstić information content (AvgIpc) is 3.46. The standard InChI is InChI=1S/C26H24Cl2N8/c1-15-10-17(20-12-18(27)5-7-21(20)35(3)14-32-30-2)11-19-6-8-22(36(15)19)26-33-24(25(28)34-26)16-4-9-23(29)31-13-16/h4-5,7,9-14,22H,1-2,6,8H2,3H3,(H2,29,31)(H,33,34)/b32-14-. The van der Waals surface area contributed by atoms with Gasteiger partial charge in [-0.1, -0.05) is 29.8 Å². The normalized spacial score (nSPS) is 17.2. The molecule has 8 nitrogen and oxygen atoms in total. The monoisotopic (exact) mass is 518 g/mol. The van der Waals surface area contributed by atoms with Crippen molar-refractivity contribution in [2.45, 2.75) is 18.9 Å². The maximum atomic E-state index is 6.50. The number of nitrogens with one attached hydrogen (secondary N) is 1. The van der Waals surface area contributed by atoms with Crippen LogP contribution in [0.4, 0.5) is 11.5 Å². The van der Waals surface area contributed by atoms with Crippen LogP contribution in [-0.2, 0) is 0 Å². The number of rotatable bonds is 6. The molecule has 2 aromatic heterocycles. The topological polar surface area (TPSA) is 98.8 Å². The Morgan fingerprint density at radius 2 is 2.08 bits per heavy atom. The molecule has 4 heterocycles. The fourth-order valence-corrected chi connectivity index (χ4v) is 5.06. The van der Waals surface area contributed by atoms with E-state index in [2.05, 4.69) is 55.5 Å². The van der Waals surface area contributed by atoms with Gasteiger partial charge in [-0.05, 0) is 60.9 Å². The van der Waals surface area contributed by atoms with Crippen molar-refractivity contribution in [3.05, 3.63) is 88.2 Å². The van der Waals surface area contributed by atoms with Crippen molar-refractivity contribution in [1.82, 2.24) is 19.9 Å². The number of imidazole rings is 1. The van der Waals surface area contributed by atoms with E-state index < -0.39 is 0 Å². The van der Waals surface area contributed by atoms with Crippen molar-refractivity contribution in [2.75, 3.05) is 17.7 Å². The number of halogens is 2. The zero-order valence-corrected chi connectivity index (χ0v) is 21.1. The Labute approximate surface area is 219 Å². The number of hydrogen-bond donors (Lipinski definition) is 2. The molecule has 0 spiro atoms. The SMILES string of the molecule is C=N/N=C\N(C)c1ccc(Cl)cc1C1=CC(=C)N2C(=C1)CCC2c1nc(Cl)c(-c2ccc(N)nc2)[nH]1. The molecule has 182 valence electrons. The number of nitrogen functional groups attached to an aromatic ring is 1. The van der Waals surface area contributed by atoms with Gasteiger partial charge < -0.3 is 20.5 Å². The van der Waals surface area contributed by atoms with E-state index in [9.17, 15) is 0 Å². The molecule has 0 amide bonds. The summed E-state index contributed by atoms with van der Waals surface area (Å²) < 4.78 is 0. The van der Waals surface area contributed by atoms with E-state index in [0.29, 0.717) is 16.0 Å². The number of nitrogens with zero attached hydrogens (tertiary/aromatic N) is 6. The molecule has 0 aliphatic carbocycles. The molecule has 0 bridgehead atoms. The van der Waals surface area contributed by atoms with Crippen molar-refractivity contribution in [2.24, 2.45) is 10.2 Å². The molecule has 1 atom stereocenters. The Morgan fingerprint density at radius 3 is 2.83 bits per heavy atom. The summed E-state index contributed by atoms with van der Waals surface area (Å²) in [4.78, 5) is 16.3. The minimum Gasteiger partial charge on any atom is -0.384 e. The number of aromatic nitrogens is 3. The number of fused-ring (bicyclic) bond motifs is 1. The van der Waals surface area contributed by atoms with Crippen LogP contribution >= 0.6 is 23.2 Å². The maximum Gasteiger partial charge on any atom is 0.155 e. The highest BCUT2D eigenvalue weighted by molar-refractivity contribution is 6.32. The van der Waals surface area contributed by atoms with Gasteiger partial charge in [0.1, 0.15) is 18.0 Å². The Hall–Kier alpha value is -3.88. The largest absolute Gasteiger partial charge is 0.384 e. The molecule has 1 aromatic carbocycles. The summed E-state index contributed by atoms with van der Waals surface area (Å²) >= 11 is 12.9. The molecule has 2 aliphatic rings. The summed E-state index contributed by atoms with van der Waals surface area (Å²) in [6.07, 6.45) is 9.26. The molecule has 1 saturated heterocycles. The van der Waals surface area contributed by atoms with Crippen LogP contribution < -0.4 is 10.6 Å². The van der Waals surface area contributed by atoms with Crippen LogP contribution in [0, 0.1) is 0 Å². The highest BCUT2D eigenvalue weighted by Gasteiger charge is 2.35. The first-order valence-corrected chi connectivity index (χ1v) is 12.0. The van der Waals surface area contributed by atoms with Crippen molar-refractivity contribution < 1.29 is 0 Å². The van der Waals surface area contributed by atoms with Gasteiger partial charge in [-0.15, -0.1) is 5.10 Å². The number of pyridine rings is 1. The van der Waals surface area contributed by atoms with Crippen molar-refractivity contribution >= 4 is 53.3 Å². The number of aromatic amines is 1. The van der Waals surface area contributed by atoms with Gasteiger partial charge in [-0.2, -0.15) is 5.10 Å². The lowest BCUT2D eigenvalue weighted by Crippen LogP contribution is -2.23. The van der Waals surface area contributed by atoms with Crippen LogP contribution in [0.5, 0.6) is 0 Å². The fourth-order valence-electron chi connectivity index (χ4n) is 4.64. The van der Waals surface area contributed by atoms with E-state index in [1.165, 1.54) is 0 Å². The van der Waals surface area contributed by atoms with E-state index >= 15 is 0 Å². The Morgan fingerprint density at radius 1 is 1.25 bits per heavy atom. The first-order chi connectivity index (χ1) is 17.4. The lowest BCUT2D eigenvalue weighted by molar-refractivity contribution is 0.366. The number of hydrogen-bond acceptors (Lipinski definition) is 6. The molecule has 3 aromatic rings. The summed E-state index contributed by atoms with van der Waals surface area (Å²) in [6, 6.07) is 9.35. The lowest BCUT2D eigenvalue weighted by atomic mass is 9.98. The Balaban J connectivity index is 1.46. The third kappa shape index (κ3) is 4.41. The van der Waals surface area contributed by atoms with E-state index in [1.54, 1.807) is 18.6 Å². The molecule has 1 fully saturated rings. The van der Waals surface area contributed by atoms with Crippen molar-refractivity contribution in [1.29, 1.82) is 0 Å². The van der Waals surface area contributed by atoms with Gasteiger partial charge in [0, 0.05) is 53.2 Å². The molecule has 3 N–H and O–H groups in total. The first kappa shape index (κ1) is 23.8. The van der Waals surface area contributed by atoms with Crippen LogP contribution in [0.2, 0.25) is 10.2 Å². The predicted molar refractivity (Wildman–Crippen MR) is 148 cm³/mol. The maximum absolute atomic E-state index is 6.50. The summed E-state index contributed by atoms with van der Waals surface area (Å²) in [5, 5.41) is 8.50. The predicted octanol–water partition coefficient (Wildman–Crippen LogP) is 6.07. The summed E-state index contributed by atoms with van der Waals surface area (Å²) in [5.41, 5.74) is 12.2. The second-order valence-corrected chi connectivity index (χ2v) is 9.35. The number of benzene rings is 1. The number of anilines is 2. The van der Waals surface area contributed by atoms with Crippen LogP contribution in [0.15, 0.2) is 76.9 Å². The zero-order valence-electron chi connectivity index (χ0n) is 19.6. The second kappa shape index (κ2) is 9.64. The molecule has 0 radical (unpaired) electrons. The van der Waals surface area contributed by atoms with E-state index in [4.69, 9.17) is 28.9 Å². The molecular formula is C26H24Cl2N8. The average molecular weight is 519 g/mol. The van der Waals surface area contributed by atoms with Gasteiger partial charge in [0.2, 0.25) is 0 Å². The van der Waals surface area contributed by atoms with Crippen LogP contribution in [0.3, 0.4) is 0 Å². The Kier molecular flexibility index (Phi) is 6.38. The lowest BCUT2D eigenvalue weighted by Gasteiger charge is -2.31. The molecule has 0 saturated carbocycles. The fraction of sp³-hybridized carbons (Fsp3) is 0.154. The highest BCUT2D eigenvalue weighted by Crippen LogP contribution is 2.46. The molecular weight excluding hydrogens is 495 g/mol. The Bertz CT molecular complexity index is 1430. The summed E-state index contributed by atoms with van der Waals surface area (Å²) in [5.74, 6) is 1.23. The second-order valence-electron chi connectivity index (χ2n) is 8.56. The van der Waals surface area contributed by atoms with Gasteiger partial charge >= 0.3 is 0 Å². The number of allylic oxidation sites excluding steroid dienone is 4. The quantitative estimate of drug-likeness (QED) is 0.234. The zero-order chi connectivity index (χ0) is 25.4. The van der Waals surface area contributed by atoms with Gasteiger partial charge in [0.25, 0.3) is 0 Å². The van der Waals surface area contributed by atoms with E-state index in [1.807, 2.05) is 36.2 Å². The molecule has 2 aliphatic heterocycles. The van der Waals surface area contributed by atoms with Crippen molar-refractivity contribution in [3.8, 4) is 11.3 Å². The number of H-pyrrole nitrogens is 1. The number of nitrogens with two attached hydrogens (primary N) is 1. The van der Waals surface area contributed by atoms with Crippen LogP contribution in [0.25, 0.3) is 16.8 Å². The summed E-state index contributed by atoms with van der Waals surface area (Å²) in [6.45, 7) is 7.77. The molecule has 10 heteroatoms. The van der Waals surface area contributed by atoms with Gasteiger partial charge in [-0.3, -0.25) is 0 Å². The van der Waals surface area contributed by atoms with Gasteiger partial charge in [0.15, 0.2) is 5.15 Å². The van der Waals surface area contributed by atoms with Gasteiger partial charge in [0.05, 0.1) is 11.7 Å². The highest BCUT2D eigenvalue weighted by atomic mass is 35.5. The summed E-state index contributed by atoms with van der Waals surface area (Å²) in [7, 11) is 1.90. The van der Waals surface area contributed by atoms with E-state index in [-0.39, 0.29) is 6.04 Å². The molecule has 5 rings (SSSR count). The first-order valence-electron chi connectivity index (χ1n) is 11.3. The minimum atomic E-state index is -0.0122. The smallest absolute Gasteiger partial charge is 0.155 e. The minimum absolute atomic E-state index is 0.0122. The van der Waals surface area contributed by atoms with Crippen molar-refractivity contribution in [3.63, 3.8) is 0 Å².